The third kappa shape index (κ3) is 5.11. The fraction of sp³-hybridized carbons (Fsp3) is 0.400. The van der Waals surface area contributed by atoms with Crippen molar-refractivity contribution >= 4 is 23.5 Å². The maximum absolute atomic E-state index is 12.6. The average Bonchev–Trinajstić information content (AvgIpc) is 2.94. The van der Waals surface area contributed by atoms with Crippen LogP contribution in [0.4, 0.5) is 0 Å². The Hall–Kier alpha value is -2.85. The normalized spacial score (nSPS) is 11.6. The molecule has 1 atom stereocenters. The summed E-state index contributed by atoms with van der Waals surface area (Å²) in [7, 11) is 1.56. The smallest absolute Gasteiger partial charge is 0.343 e. The fourth-order valence-corrected chi connectivity index (χ4v) is 2.98. The molecule has 0 aliphatic heterocycles. The number of benzene rings is 1. The first-order valence-corrected chi connectivity index (χ1v) is 9.23. The summed E-state index contributed by atoms with van der Waals surface area (Å²) in [6.45, 7) is 5.84. The Morgan fingerprint density at radius 3 is 2.57 bits per heavy atom. The molecule has 0 fully saturated rings. The summed E-state index contributed by atoms with van der Waals surface area (Å²) in [6.07, 6.45) is -0.785. The van der Waals surface area contributed by atoms with Gasteiger partial charge in [0.15, 0.2) is 6.10 Å². The summed E-state index contributed by atoms with van der Waals surface area (Å²) in [4.78, 5) is 26.2. The molecular weight excluding hydrogens is 380 g/mol. The number of nitriles is 1. The summed E-state index contributed by atoms with van der Waals surface area (Å²) in [5, 5.41) is 13.1. The van der Waals surface area contributed by atoms with E-state index in [1.165, 1.54) is 16.5 Å². The van der Waals surface area contributed by atoms with Crippen LogP contribution in [0.15, 0.2) is 24.3 Å². The minimum atomic E-state index is -0.993. The molecule has 148 valence electrons. The molecule has 0 bridgehead atoms. The number of carbonyl (C=O) groups is 2. The lowest BCUT2D eigenvalue weighted by Crippen LogP contribution is -2.38. The average molecular weight is 403 g/mol. The molecule has 0 unspecified atom stereocenters. The zero-order valence-electron chi connectivity index (χ0n) is 16.4. The second-order valence-corrected chi connectivity index (χ2v) is 6.97. The van der Waals surface area contributed by atoms with Crippen LogP contribution in [0.2, 0.25) is 5.15 Å². The van der Waals surface area contributed by atoms with Crippen molar-refractivity contribution in [2.45, 2.75) is 39.8 Å². The van der Waals surface area contributed by atoms with Crippen LogP contribution in [-0.4, -0.2) is 46.3 Å². The number of carbonyl (C=O) groups excluding carboxylic acids is 2. The molecule has 1 amide bonds. The number of amides is 1. The van der Waals surface area contributed by atoms with Crippen LogP contribution in [-0.2, 0) is 16.1 Å². The monoisotopic (exact) mass is 402 g/mol. The molecular formula is C20H23ClN4O3. The van der Waals surface area contributed by atoms with Crippen molar-refractivity contribution in [2.24, 2.45) is 0 Å². The summed E-state index contributed by atoms with van der Waals surface area (Å²) in [5.41, 5.74) is 2.72. The molecule has 2 rings (SSSR count). The van der Waals surface area contributed by atoms with Crippen LogP contribution in [0, 0.1) is 25.2 Å². The van der Waals surface area contributed by atoms with Gasteiger partial charge in [-0.1, -0.05) is 41.4 Å². The number of likely N-dealkylation sites (N-methyl/N-ethyl adjacent to an activating group) is 1. The number of hydrogen-bond acceptors (Lipinski definition) is 5. The van der Waals surface area contributed by atoms with Gasteiger partial charge in [0.25, 0.3) is 5.91 Å². The summed E-state index contributed by atoms with van der Waals surface area (Å²) in [6, 6.07) is 9.89. The van der Waals surface area contributed by atoms with E-state index in [1.54, 1.807) is 14.0 Å². The molecule has 0 N–H and O–H groups in total. The van der Waals surface area contributed by atoms with Crippen molar-refractivity contribution < 1.29 is 14.3 Å². The minimum absolute atomic E-state index is 0.146. The molecule has 7 nitrogen and oxygen atoms in total. The SMILES string of the molecule is Cc1ccc(Cn2nc(C)c(C(=O)O[C@@H](C)C(=O)N(C)CCC#N)c2Cl)cc1. The van der Waals surface area contributed by atoms with Gasteiger partial charge in [0.05, 0.1) is 24.7 Å². The fourth-order valence-electron chi connectivity index (χ4n) is 2.66. The molecule has 1 aromatic heterocycles. The summed E-state index contributed by atoms with van der Waals surface area (Å²) < 4.78 is 6.82. The van der Waals surface area contributed by atoms with Gasteiger partial charge in [-0.05, 0) is 26.3 Å². The number of aromatic nitrogens is 2. The molecule has 8 heteroatoms. The lowest BCUT2D eigenvalue weighted by molar-refractivity contribution is -0.138. The Labute approximate surface area is 169 Å². The lowest BCUT2D eigenvalue weighted by atomic mass is 10.1. The first kappa shape index (κ1) is 21.5. The molecule has 0 saturated carbocycles. The highest BCUT2D eigenvalue weighted by atomic mass is 35.5. The Bertz CT molecular complexity index is 899. The minimum Gasteiger partial charge on any atom is -0.449 e. The number of ether oxygens (including phenoxy) is 1. The van der Waals surface area contributed by atoms with Crippen molar-refractivity contribution in [3.63, 3.8) is 0 Å². The van der Waals surface area contributed by atoms with Crippen LogP contribution < -0.4 is 0 Å². The van der Waals surface area contributed by atoms with E-state index < -0.39 is 12.1 Å². The zero-order chi connectivity index (χ0) is 20.8. The standard InChI is InChI=1S/C20H23ClN4O3/c1-13-6-8-16(9-7-13)12-25-18(21)17(14(2)23-25)20(27)28-15(3)19(26)24(4)11-5-10-22/h6-9,15H,5,11-12H2,1-4H3/t15-/m0/s1. The highest BCUT2D eigenvalue weighted by Crippen LogP contribution is 2.22. The van der Waals surface area contributed by atoms with E-state index in [0.717, 1.165) is 11.1 Å². The van der Waals surface area contributed by atoms with E-state index in [1.807, 2.05) is 37.3 Å². The van der Waals surface area contributed by atoms with Crippen molar-refractivity contribution in [1.82, 2.24) is 14.7 Å². The third-order valence-corrected chi connectivity index (χ3v) is 4.67. The molecule has 0 aliphatic carbocycles. The number of esters is 1. The van der Waals surface area contributed by atoms with E-state index in [9.17, 15) is 9.59 Å². The third-order valence-electron chi connectivity index (χ3n) is 4.29. The predicted octanol–water partition coefficient (Wildman–Crippen LogP) is 3.12. The van der Waals surface area contributed by atoms with Gasteiger partial charge in [0, 0.05) is 13.6 Å². The number of hydrogen-bond donors (Lipinski definition) is 0. The highest BCUT2D eigenvalue weighted by Gasteiger charge is 2.27. The maximum Gasteiger partial charge on any atom is 0.343 e. The van der Waals surface area contributed by atoms with Gasteiger partial charge in [0.1, 0.15) is 10.7 Å². The second-order valence-electron chi connectivity index (χ2n) is 6.61. The van der Waals surface area contributed by atoms with Crippen molar-refractivity contribution in [1.29, 1.82) is 5.26 Å². The molecule has 0 aliphatic rings. The quantitative estimate of drug-likeness (QED) is 0.664. The molecule has 1 heterocycles. The Morgan fingerprint density at radius 2 is 1.96 bits per heavy atom. The van der Waals surface area contributed by atoms with Crippen LogP contribution in [0.3, 0.4) is 0 Å². The van der Waals surface area contributed by atoms with Crippen molar-refractivity contribution in [2.75, 3.05) is 13.6 Å². The van der Waals surface area contributed by atoms with Gasteiger partial charge in [0.2, 0.25) is 0 Å². The molecule has 0 spiro atoms. The van der Waals surface area contributed by atoms with Gasteiger partial charge >= 0.3 is 5.97 Å². The maximum atomic E-state index is 12.6. The molecule has 28 heavy (non-hydrogen) atoms. The van der Waals surface area contributed by atoms with Crippen LogP contribution >= 0.6 is 11.6 Å². The molecule has 0 radical (unpaired) electrons. The lowest BCUT2D eigenvalue weighted by Gasteiger charge is -2.20. The van der Waals surface area contributed by atoms with Crippen molar-refractivity contribution in [3.8, 4) is 6.07 Å². The molecule has 2 aromatic rings. The summed E-state index contributed by atoms with van der Waals surface area (Å²) in [5.74, 6) is -1.09. The largest absolute Gasteiger partial charge is 0.449 e. The van der Waals surface area contributed by atoms with Crippen LogP contribution in [0.25, 0.3) is 0 Å². The molecule has 0 saturated heterocycles. The van der Waals surface area contributed by atoms with Gasteiger partial charge in [-0.2, -0.15) is 10.4 Å². The number of halogens is 1. The van der Waals surface area contributed by atoms with Gasteiger partial charge in [-0.15, -0.1) is 0 Å². The van der Waals surface area contributed by atoms with E-state index in [4.69, 9.17) is 21.6 Å². The predicted molar refractivity (Wildman–Crippen MR) is 105 cm³/mol. The molecule has 1 aromatic carbocycles. The van der Waals surface area contributed by atoms with Crippen LogP contribution in [0.1, 0.15) is 40.5 Å². The van der Waals surface area contributed by atoms with Crippen LogP contribution in [0.5, 0.6) is 0 Å². The number of rotatable bonds is 7. The number of nitrogens with zero attached hydrogens (tertiary/aromatic N) is 4. The van der Waals surface area contributed by atoms with E-state index in [0.29, 0.717) is 12.2 Å². The zero-order valence-corrected chi connectivity index (χ0v) is 17.2. The van der Waals surface area contributed by atoms with Crippen molar-refractivity contribution in [3.05, 3.63) is 51.8 Å². The Kier molecular flexibility index (Phi) is 7.18. The van der Waals surface area contributed by atoms with E-state index in [-0.39, 0.29) is 29.6 Å². The highest BCUT2D eigenvalue weighted by molar-refractivity contribution is 6.32. The Balaban J connectivity index is 2.11. The number of aryl methyl sites for hydroxylation is 2. The first-order chi connectivity index (χ1) is 13.2. The topological polar surface area (TPSA) is 88.2 Å². The summed E-state index contributed by atoms with van der Waals surface area (Å²) >= 11 is 6.37. The van der Waals surface area contributed by atoms with E-state index >= 15 is 0 Å². The van der Waals surface area contributed by atoms with Gasteiger partial charge in [-0.25, -0.2) is 9.48 Å². The van der Waals surface area contributed by atoms with Gasteiger partial charge in [-0.3, -0.25) is 4.79 Å². The Morgan fingerprint density at radius 1 is 1.32 bits per heavy atom. The second kappa shape index (κ2) is 9.38. The van der Waals surface area contributed by atoms with Gasteiger partial charge < -0.3 is 9.64 Å². The van der Waals surface area contributed by atoms with E-state index in [2.05, 4.69) is 5.10 Å². The first-order valence-electron chi connectivity index (χ1n) is 8.86.